The Bertz CT molecular complexity index is 704. The molecule has 0 fully saturated rings. The molecule has 0 unspecified atom stereocenters. The van der Waals surface area contributed by atoms with Gasteiger partial charge in [0.1, 0.15) is 0 Å². The largest absolute Gasteiger partial charge is 0.326 e. The number of benzene rings is 2. The predicted molar refractivity (Wildman–Crippen MR) is 102 cm³/mol. The predicted octanol–water partition coefficient (Wildman–Crippen LogP) is 3.56. The molecule has 2 aromatic carbocycles. The van der Waals surface area contributed by atoms with E-state index in [1.165, 1.54) is 18.1 Å². The van der Waals surface area contributed by atoms with Gasteiger partial charge in [0.2, 0.25) is 5.91 Å². The summed E-state index contributed by atoms with van der Waals surface area (Å²) in [6.45, 7) is 1.95. The van der Waals surface area contributed by atoms with Gasteiger partial charge in [-0.15, -0.1) is 0 Å². The van der Waals surface area contributed by atoms with Crippen molar-refractivity contribution in [2.45, 2.75) is 26.2 Å². The maximum absolute atomic E-state index is 12.0. The van der Waals surface area contributed by atoms with Crippen molar-refractivity contribution in [1.82, 2.24) is 4.90 Å². The molecule has 25 heavy (non-hydrogen) atoms. The zero-order valence-electron chi connectivity index (χ0n) is 15.2. The number of carbonyl (C=O) groups excluding carboxylic acids is 2. The average Bonchev–Trinajstić information content (AvgIpc) is 2.56. The fourth-order valence-electron chi connectivity index (χ4n) is 2.69. The molecule has 0 atom stereocenters. The first-order chi connectivity index (χ1) is 11.9. The molecule has 1 N–H and O–H groups in total. The van der Waals surface area contributed by atoms with Gasteiger partial charge in [-0.05, 0) is 56.6 Å². The fraction of sp³-hybridized carbons (Fsp3) is 0.333. The summed E-state index contributed by atoms with van der Waals surface area (Å²) in [5.41, 5.74) is 4.10. The SMILES string of the molecule is CC(=O)Nc1ccc(CCCc2ccc(C(=O)CN(C)C)cc2)cc1. The van der Waals surface area contributed by atoms with Crippen LogP contribution in [0.2, 0.25) is 0 Å². The molecule has 0 radical (unpaired) electrons. The monoisotopic (exact) mass is 338 g/mol. The highest BCUT2D eigenvalue weighted by Gasteiger charge is 2.06. The van der Waals surface area contributed by atoms with Gasteiger partial charge in [-0.1, -0.05) is 36.4 Å². The van der Waals surface area contributed by atoms with Gasteiger partial charge in [0.15, 0.2) is 5.78 Å². The summed E-state index contributed by atoms with van der Waals surface area (Å²) in [7, 11) is 3.80. The topological polar surface area (TPSA) is 49.4 Å². The van der Waals surface area contributed by atoms with E-state index in [4.69, 9.17) is 0 Å². The quantitative estimate of drug-likeness (QED) is 0.749. The van der Waals surface area contributed by atoms with Gasteiger partial charge >= 0.3 is 0 Å². The average molecular weight is 338 g/mol. The lowest BCUT2D eigenvalue weighted by atomic mass is 10.0. The molecule has 4 nitrogen and oxygen atoms in total. The van der Waals surface area contributed by atoms with Gasteiger partial charge in [-0.25, -0.2) is 0 Å². The van der Waals surface area contributed by atoms with Gasteiger partial charge in [0.05, 0.1) is 6.54 Å². The number of nitrogens with zero attached hydrogens (tertiary/aromatic N) is 1. The minimum absolute atomic E-state index is 0.0553. The van der Waals surface area contributed by atoms with Crippen molar-refractivity contribution in [3.63, 3.8) is 0 Å². The third-order valence-corrected chi connectivity index (χ3v) is 3.94. The van der Waals surface area contributed by atoms with Gasteiger partial charge in [-0.3, -0.25) is 9.59 Å². The van der Waals surface area contributed by atoms with Crippen LogP contribution >= 0.6 is 0 Å². The van der Waals surface area contributed by atoms with Crippen molar-refractivity contribution in [2.75, 3.05) is 26.0 Å². The number of amides is 1. The lowest BCUT2D eigenvalue weighted by Gasteiger charge is -2.09. The zero-order valence-corrected chi connectivity index (χ0v) is 15.2. The van der Waals surface area contributed by atoms with E-state index >= 15 is 0 Å². The van der Waals surface area contributed by atoms with E-state index < -0.39 is 0 Å². The number of Topliss-reactive ketones (excluding diaryl/α,β-unsaturated/α-hetero) is 1. The van der Waals surface area contributed by atoms with Crippen LogP contribution in [0.1, 0.15) is 34.8 Å². The number of aryl methyl sites for hydroxylation is 2. The van der Waals surface area contributed by atoms with Gasteiger partial charge in [0, 0.05) is 18.2 Å². The van der Waals surface area contributed by atoms with Crippen molar-refractivity contribution in [3.05, 3.63) is 65.2 Å². The number of rotatable bonds is 8. The number of anilines is 1. The van der Waals surface area contributed by atoms with Crippen molar-refractivity contribution in [2.24, 2.45) is 0 Å². The Morgan fingerprint density at radius 2 is 1.40 bits per heavy atom. The van der Waals surface area contributed by atoms with Gasteiger partial charge in [-0.2, -0.15) is 0 Å². The third kappa shape index (κ3) is 6.51. The summed E-state index contributed by atoms with van der Waals surface area (Å²) in [5, 5.41) is 2.77. The van der Waals surface area contributed by atoms with Crippen LogP contribution in [0.5, 0.6) is 0 Å². The summed E-state index contributed by atoms with van der Waals surface area (Å²) in [5.74, 6) is 0.0936. The number of ketones is 1. The molecule has 0 heterocycles. The Morgan fingerprint density at radius 3 is 1.88 bits per heavy atom. The Balaban J connectivity index is 1.81. The summed E-state index contributed by atoms with van der Waals surface area (Å²) in [6, 6.07) is 15.9. The number of likely N-dealkylation sites (N-methyl/N-ethyl adjacent to an activating group) is 1. The zero-order chi connectivity index (χ0) is 18.2. The maximum Gasteiger partial charge on any atom is 0.221 e. The van der Waals surface area contributed by atoms with Crippen LogP contribution in [-0.2, 0) is 17.6 Å². The minimum atomic E-state index is -0.0553. The fourth-order valence-corrected chi connectivity index (χ4v) is 2.69. The molecular formula is C21H26N2O2. The van der Waals surface area contributed by atoms with Crippen LogP contribution in [0.15, 0.2) is 48.5 Å². The van der Waals surface area contributed by atoms with Crippen LogP contribution in [0, 0.1) is 0 Å². The second-order valence-corrected chi connectivity index (χ2v) is 6.59. The second kappa shape index (κ2) is 9.14. The maximum atomic E-state index is 12.0. The van der Waals surface area contributed by atoms with Gasteiger partial charge in [0.25, 0.3) is 0 Å². The Labute approximate surface area is 149 Å². The second-order valence-electron chi connectivity index (χ2n) is 6.59. The Kier molecular flexibility index (Phi) is 6.90. The Morgan fingerprint density at radius 1 is 0.880 bits per heavy atom. The number of hydrogen-bond acceptors (Lipinski definition) is 3. The third-order valence-electron chi connectivity index (χ3n) is 3.94. The van der Waals surface area contributed by atoms with E-state index in [1.807, 2.05) is 67.5 Å². The molecular weight excluding hydrogens is 312 g/mol. The Hall–Kier alpha value is -2.46. The van der Waals surface area contributed by atoms with E-state index in [0.29, 0.717) is 6.54 Å². The number of carbonyl (C=O) groups is 2. The van der Waals surface area contributed by atoms with Crippen molar-refractivity contribution < 1.29 is 9.59 Å². The lowest BCUT2D eigenvalue weighted by Crippen LogP contribution is -2.21. The van der Waals surface area contributed by atoms with Crippen molar-refractivity contribution in [1.29, 1.82) is 0 Å². The van der Waals surface area contributed by atoms with Crippen molar-refractivity contribution in [3.8, 4) is 0 Å². The highest BCUT2D eigenvalue weighted by atomic mass is 16.1. The van der Waals surface area contributed by atoms with Crippen LogP contribution in [0.4, 0.5) is 5.69 Å². The molecule has 4 heteroatoms. The molecule has 0 aromatic heterocycles. The molecule has 2 rings (SSSR count). The standard InChI is InChI=1S/C21H26N2O2/c1-16(24)22-20-13-9-18(10-14-20)6-4-5-17-7-11-19(12-8-17)21(25)15-23(2)3/h7-14H,4-6,15H2,1-3H3,(H,22,24). The van der Waals surface area contributed by atoms with E-state index in [2.05, 4.69) is 5.32 Å². The van der Waals surface area contributed by atoms with E-state index in [1.54, 1.807) is 0 Å². The number of hydrogen-bond donors (Lipinski definition) is 1. The molecule has 0 aliphatic heterocycles. The molecule has 0 saturated carbocycles. The van der Waals surface area contributed by atoms with Crippen LogP contribution < -0.4 is 5.32 Å². The highest BCUT2D eigenvalue weighted by molar-refractivity contribution is 5.97. The van der Waals surface area contributed by atoms with Crippen molar-refractivity contribution >= 4 is 17.4 Å². The molecule has 0 bridgehead atoms. The smallest absolute Gasteiger partial charge is 0.221 e. The summed E-state index contributed by atoms with van der Waals surface area (Å²) < 4.78 is 0. The molecule has 2 aromatic rings. The van der Waals surface area contributed by atoms with Gasteiger partial charge < -0.3 is 10.2 Å². The summed E-state index contributed by atoms with van der Waals surface area (Å²) in [6.07, 6.45) is 3.02. The molecule has 0 aliphatic rings. The molecule has 0 spiro atoms. The molecule has 1 amide bonds. The number of nitrogens with one attached hydrogen (secondary N) is 1. The van der Waals surface area contributed by atoms with E-state index in [-0.39, 0.29) is 11.7 Å². The van der Waals surface area contributed by atoms with E-state index in [9.17, 15) is 9.59 Å². The molecule has 0 aliphatic carbocycles. The van der Waals surface area contributed by atoms with Crippen LogP contribution in [-0.4, -0.2) is 37.2 Å². The summed E-state index contributed by atoms with van der Waals surface area (Å²) >= 11 is 0. The van der Waals surface area contributed by atoms with Crippen LogP contribution in [0.25, 0.3) is 0 Å². The summed E-state index contributed by atoms with van der Waals surface area (Å²) in [4.78, 5) is 24.9. The first kappa shape index (κ1) is 18.9. The van der Waals surface area contributed by atoms with Crippen LogP contribution in [0.3, 0.4) is 0 Å². The molecule has 132 valence electrons. The first-order valence-electron chi connectivity index (χ1n) is 8.57. The first-order valence-corrected chi connectivity index (χ1v) is 8.57. The normalized spacial score (nSPS) is 10.7. The van der Waals surface area contributed by atoms with E-state index in [0.717, 1.165) is 30.5 Å². The minimum Gasteiger partial charge on any atom is -0.326 e. The lowest BCUT2D eigenvalue weighted by molar-refractivity contribution is -0.114. The molecule has 0 saturated heterocycles. The highest BCUT2D eigenvalue weighted by Crippen LogP contribution is 2.13.